The summed E-state index contributed by atoms with van der Waals surface area (Å²) in [7, 11) is -3.71. The molecule has 1 saturated carbocycles. The number of hydrogen-bond donors (Lipinski definition) is 3. The molecule has 7 nitrogen and oxygen atoms in total. The van der Waals surface area contributed by atoms with E-state index in [1.165, 1.54) is 36.7 Å². The molecule has 3 rings (SSSR count). The maximum Gasteiger partial charge on any atom is 0.261 e. The van der Waals surface area contributed by atoms with Gasteiger partial charge < -0.3 is 11.1 Å². The van der Waals surface area contributed by atoms with Gasteiger partial charge in [0.2, 0.25) is 0 Å². The number of carbonyl (C=O) groups excluding carboxylic acids is 1. The molecule has 1 fully saturated rings. The molecular formula is C17H20N4O3S. The van der Waals surface area contributed by atoms with Gasteiger partial charge >= 0.3 is 0 Å². The van der Waals surface area contributed by atoms with E-state index < -0.39 is 10.0 Å². The van der Waals surface area contributed by atoms with Gasteiger partial charge in [-0.15, -0.1) is 0 Å². The highest BCUT2D eigenvalue weighted by atomic mass is 32.2. The normalized spacial score (nSPS) is 15.4. The van der Waals surface area contributed by atoms with Crippen LogP contribution in [0.15, 0.2) is 53.7 Å². The van der Waals surface area contributed by atoms with Gasteiger partial charge in [-0.25, -0.2) is 8.42 Å². The second-order valence-corrected chi connectivity index (χ2v) is 7.76. The molecule has 2 aromatic rings. The van der Waals surface area contributed by atoms with Crippen molar-refractivity contribution >= 4 is 21.6 Å². The maximum absolute atomic E-state index is 12.3. The highest BCUT2D eigenvalue weighted by Gasteiger charge is 2.28. The SMILES string of the molecule is NC(CNC(=O)c1ccc(S(=O)(=O)Nc2ccncc2)cc1)C1CC1. The smallest absolute Gasteiger partial charge is 0.261 e. The summed E-state index contributed by atoms with van der Waals surface area (Å²) in [5.74, 6) is 0.245. The summed E-state index contributed by atoms with van der Waals surface area (Å²) in [6.07, 6.45) is 5.23. The minimum Gasteiger partial charge on any atom is -0.350 e. The fourth-order valence-corrected chi connectivity index (χ4v) is 3.48. The average Bonchev–Trinajstić information content (AvgIpc) is 3.45. The van der Waals surface area contributed by atoms with Crippen molar-refractivity contribution in [3.8, 4) is 0 Å². The van der Waals surface area contributed by atoms with Crippen LogP contribution in [-0.2, 0) is 10.0 Å². The molecule has 1 aromatic heterocycles. The van der Waals surface area contributed by atoms with E-state index in [1.54, 1.807) is 12.1 Å². The Labute approximate surface area is 146 Å². The Kier molecular flexibility index (Phi) is 5.00. The number of rotatable bonds is 7. The van der Waals surface area contributed by atoms with E-state index in [1.807, 2.05) is 0 Å². The van der Waals surface area contributed by atoms with Crippen LogP contribution in [0.5, 0.6) is 0 Å². The fraction of sp³-hybridized carbons (Fsp3) is 0.294. The van der Waals surface area contributed by atoms with Crippen molar-refractivity contribution in [1.29, 1.82) is 0 Å². The fourth-order valence-electron chi connectivity index (χ4n) is 2.42. The van der Waals surface area contributed by atoms with Crippen molar-refractivity contribution < 1.29 is 13.2 Å². The number of sulfonamides is 1. The van der Waals surface area contributed by atoms with E-state index in [2.05, 4.69) is 15.0 Å². The van der Waals surface area contributed by atoms with Gasteiger partial charge in [0.15, 0.2) is 0 Å². The molecule has 0 spiro atoms. The summed E-state index contributed by atoms with van der Waals surface area (Å²) in [4.78, 5) is 16.0. The first-order valence-electron chi connectivity index (χ1n) is 8.02. The molecule has 1 aliphatic rings. The number of carbonyl (C=O) groups is 1. The molecule has 0 saturated heterocycles. The van der Waals surface area contributed by atoms with Crippen molar-refractivity contribution in [2.24, 2.45) is 11.7 Å². The summed E-state index contributed by atoms with van der Waals surface area (Å²) >= 11 is 0. The van der Waals surface area contributed by atoms with Crippen LogP contribution in [0.25, 0.3) is 0 Å². The standard InChI is InChI=1S/C17H20N4O3S/c18-16(12-1-2-12)11-20-17(22)13-3-5-15(6-4-13)25(23,24)21-14-7-9-19-10-8-14/h3-10,12,16H,1-2,11,18H2,(H,19,21)(H,20,22). The van der Waals surface area contributed by atoms with Gasteiger partial charge in [-0.2, -0.15) is 0 Å². The molecule has 1 unspecified atom stereocenters. The van der Waals surface area contributed by atoms with Crippen molar-refractivity contribution in [2.45, 2.75) is 23.8 Å². The molecule has 4 N–H and O–H groups in total. The summed E-state index contributed by atoms with van der Waals surface area (Å²) in [5, 5.41) is 2.78. The lowest BCUT2D eigenvalue weighted by molar-refractivity contribution is 0.0950. The Bertz CT molecular complexity index is 834. The summed E-state index contributed by atoms with van der Waals surface area (Å²) in [6, 6.07) is 8.87. The number of nitrogens with one attached hydrogen (secondary N) is 2. The second-order valence-electron chi connectivity index (χ2n) is 6.08. The van der Waals surface area contributed by atoms with Gasteiger partial charge in [-0.1, -0.05) is 0 Å². The third-order valence-corrected chi connectivity index (χ3v) is 5.48. The molecule has 0 radical (unpaired) electrons. The van der Waals surface area contributed by atoms with E-state index in [0.29, 0.717) is 23.7 Å². The van der Waals surface area contributed by atoms with E-state index in [9.17, 15) is 13.2 Å². The Morgan fingerprint density at radius 3 is 2.40 bits per heavy atom. The van der Waals surface area contributed by atoms with Crippen LogP contribution in [0.2, 0.25) is 0 Å². The van der Waals surface area contributed by atoms with E-state index in [4.69, 9.17) is 5.73 Å². The molecule has 1 atom stereocenters. The molecule has 132 valence electrons. The van der Waals surface area contributed by atoms with Crippen LogP contribution >= 0.6 is 0 Å². The maximum atomic E-state index is 12.3. The lowest BCUT2D eigenvalue weighted by atomic mass is 10.2. The number of anilines is 1. The minimum atomic E-state index is -3.71. The first-order chi connectivity index (χ1) is 12.0. The van der Waals surface area contributed by atoms with Crippen LogP contribution in [0.3, 0.4) is 0 Å². The van der Waals surface area contributed by atoms with Crippen molar-refractivity contribution in [3.63, 3.8) is 0 Å². The van der Waals surface area contributed by atoms with E-state index >= 15 is 0 Å². The molecular weight excluding hydrogens is 340 g/mol. The zero-order valence-corrected chi connectivity index (χ0v) is 14.4. The Balaban J connectivity index is 1.63. The zero-order chi connectivity index (χ0) is 17.9. The number of benzene rings is 1. The number of amides is 1. The molecule has 0 bridgehead atoms. The lowest BCUT2D eigenvalue weighted by Crippen LogP contribution is -2.38. The van der Waals surface area contributed by atoms with Gasteiger partial charge in [-0.3, -0.25) is 14.5 Å². The number of pyridine rings is 1. The molecule has 0 aliphatic heterocycles. The zero-order valence-electron chi connectivity index (χ0n) is 13.6. The van der Waals surface area contributed by atoms with E-state index in [0.717, 1.165) is 12.8 Å². The predicted molar refractivity (Wildman–Crippen MR) is 94.5 cm³/mol. The third-order valence-electron chi connectivity index (χ3n) is 4.09. The van der Waals surface area contributed by atoms with Gasteiger partial charge in [0.1, 0.15) is 0 Å². The molecule has 1 aromatic carbocycles. The van der Waals surface area contributed by atoms with Crippen LogP contribution in [-0.4, -0.2) is 31.9 Å². The number of nitrogens with two attached hydrogens (primary N) is 1. The van der Waals surface area contributed by atoms with Crippen molar-refractivity contribution in [1.82, 2.24) is 10.3 Å². The second kappa shape index (κ2) is 7.20. The summed E-state index contributed by atoms with van der Waals surface area (Å²) in [6.45, 7) is 0.424. The van der Waals surface area contributed by atoms with Gasteiger partial charge in [0, 0.05) is 30.5 Å². The first kappa shape index (κ1) is 17.4. The Morgan fingerprint density at radius 2 is 1.80 bits per heavy atom. The monoisotopic (exact) mass is 360 g/mol. The quantitative estimate of drug-likeness (QED) is 0.689. The molecule has 1 heterocycles. The topological polar surface area (TPSA) is 114 Å². The van der Waals surface area contributed by atoms with Gasteiger partial charge in [-0.05, 0) is 55.2 Å². The Morgan fingerprint density at radius 1 is 1.16 bits per heavy atom. The highest BCUT2D eigenvalue weighted by molar-refractivity contribution is 7.92. The molecule has 1 amide bonds. The van der Waals surface area contributed by atoms with Crippen LogP contribution in [0.1, 0.15) is 23.2 Å². The molecule has 8 heteroatoms. The Hall–Kier alpha value is -2.45. The van der Waals surface area contributed by atoms with Crippen molar-refractivity contribution in [3.05, 3.63) is 54.4 Å². The average molecular weight is 360 g/mol. The van der Waals surface area contributed by atoms with Crippen LogP contribution < -0.4 is 15.8 Å². The predicted octanol–water partition coefficient (Wildman–Crippen LogP) is 1.35. The summed E-state index contributed by atoms with van der Waals surface area (Å²) in [5.41, 5.74) is 6.77. The summed E-state index contributed by atoms with van der Waals surface area (Å²) < 4.78 is 27.1. The van der Waals surface area contributed by atoms with Gasteiger partial charge in [0.25, 0.3) is 15.9 Å². The van der Waals surface area contributed by atoms with Crippen LogP contribution in [0, 0.1) is 5.92 Å². The first-order valence-corrected chi connectivity index (χ1v) is 9.51. The third kappa shape index (κ3) is 4.55. The molecule has 1 aliphatic carbocycles. The largest absolute Gasteiger partial charge is 0.350 e. The number of aromatic nitrogens is 1. The van der Waals surface area contributed by atoms with Crippen LogP contribution in [0.4, 0.5) is 5.69 Å². The van der Waals surface area contributed by atoms with Crippen molar-refractivity contribution in [2.75, 3.05) is 11.3 Å². The minimum absolute atomic E-state index is 0.0202. The molecule has 25 heavy (non-hydrogen) atoms. The number of hydrogen-bond acceptors (Lipinski definition) is 5. The van der Waals surface area contributed by atoms with Gasteiger partial charge in [0.05, 0.1) is 10.6 Å². The van der Waals surface area contributed by atoms with E-state index in [-0.39, 0.29) is 16.8 Å². The number of nitrogens with zero attached hydrogens (tertiary/aromatic N) is 1. The highest BCUT2D eigenvalue weighted by Crippen LogP contribution is 2.31. The lowest BCUT2D eigenvalue weighted by Gasteiger charge is -2.12.